The van der Waals surface area contributed by atoms with Gasteiger partial charge in [0.25, 0.3) is 5.95 Å². The molecule has 0 saturated carbocycles. The topological polar surface area (TPSA) is 44.8 Å². The van der Waals surface area contributed by atoms with Gasteiger partial charge in [0.1, 0.15) is 7.28 Å². The molecule has 1 saturated heterocycles. The lowest BCUT2D eigenvalue weighted by Gasteiger charge is -2.34. The van der Waals surface area contributed by atoms with E-state index in [0.29, 0.717) is 12.6 Å². The number of phosphoric acid groups is 1. The highest BCUT2D eigenvalue weighted by molar-refractivity contribution is 7.50. The summed E-state index contributed by atoms with van der Waals surface area (Å²) in [7, 11) is -2.05. The third-order valence-corrected chi connectivity index (χ3v) is 2.85. The van der Waals surface area contributed by atoms with Crippen LogP contribution in [0.25, 0.3) is 0 Å². The molecule has 2 bridgehead atoms. The molecule has 3 rings (SSSR count). The van der Waals surface area contributed by atoms with Crippen molar-refractivity contribution in [2.75, 3.05) is 6.61 Å². The molecule has 0 amide bonds. The van der Waals surface area contributed by atoms with Gasteiger partial charge in [0.15, 0.2) is 0 Å². The van der Waals surface area contributed by atoms with E-state index in [-0.39, 0.29) is 0 Å². The molecule has 1 fully saturated rings. The minimum atomic E-state index is -3.06. The van der Waals surface area contributed by atoms with Crippen LogP contribution in [-0.4, -0.2) is 13.9 Å². The van der Waals surface area contributed by atoms with Crippen molar-refractivity contribution in [1.82, 2.24) is 0 Å². The number of hydrogen-bond donors (Lipinski definition) is 0. The van der Waals surface area contributed by atoms with Gasteiger partial charge in [0.2, 0.25) is 0 Å². The van der Waals surface area contributed by atoms with Gasteiger partial charge in [-0.3, -0.25) is 4.52 Å². The SMILES string of the molecule is CBCC1=C2OP(=O)(OC1)O2. The molecule has 3 heterocycles. The van der Waals surface area contributed by atoms with Crippen molar-refractivity contribution in [1.29, 1.82) is 0 Å². The van der Waals surface area contributed by atoms with Crippen LogP contribution in [0.3, 0.4) is 0 Å². The Bertz CT molecular complexity index is 249. The van der Waals surface area contributed by atoms with Crippen molar-refractivity contribution in [3.63, 3.8) is 0 Å². The fraction of sp³-hybridized carbons (Fsp3) is 0.600. The minimum absolute atomic E-state index is 0.403. The van der Waals surface area contributed by atoms with E-state index in [0.717, 1.165) is 19.2 Å². The fourth-order valence-electron chi connectivity index (χ4n) is 1.08. The van der Waals surface area contributed by atoms with E-state index in [9.17, 15) is 4.57 Å². The van der Waals surface area contributed by atoms with Gasteiger partial charge < -0.3 is 9.05 Å². The van der Waals surface area contributed by atoms with E-state index in [4.69, 9.17) is 13.6 Å². The van der Waals surface area contributed by atoms with Gasteiger partial charge in [-0.05, 0) is 6.32 Å². The van der Waals surface area contributed by atoms with Crippen molar-refractivity contribution >= 4 is 15.1 Å². The number of fused-ring (bicyclic) bond motifs is 2. The lowest BCUT2D eigenvalue weighted by Crippen LogP contribution is -2.22. The first kappa shape index (κ1) is 7.26. The zero-order valence-corrected chi connectivity index (χ0v) is 7.10. The predicted molar refractivity (Wildman–Crippen MR) is 40.6 cm³/mol. The summed E-state index contributed by atoms with van der Waals surface area (Å²) in [6, 6.07) is 0. The van der Waals surface area contributed by atoms with Gasteiger partial charge in [-0.15, -0.1) is 0 Å². The maximum atomic E-state index is 10.9. The fourth-order valence-corrected chi connectivity index (χ4v) is 2.18. The maximum Gasteiger partial charge on any atom is 0.592 e. The average molecular weight is 174 g/mol. The highest BCUT2D eigenvalue weighted by atomic mass is 31.2. The summed E-state index contributed by atoms with van der Waals surface area (Å²) < 4.78 is 25.4. The molecule has 0 aliphatic carbocycles. The summed E-state index contributed by atoms with van der Waals surface area (Å²) in [6.45, 7) is 2.46. The lowest BCUT2D eigenvalue weighted by atomic mass is 9.75. The molecule has 3 aliphatic heterocycles. The van der Waals surface area contributed by atoms with Gasteiger partial charge >= 0.3 is 7.82 Å². The first-order chi connectivity index (χ1) is 5.23. The Hall–Kier alpha value is -0.405. The van der Waals surface area contributed by atoms with Crippen LogP contribution in [0.4, 0.5) is 0 Å². The van der Waals surface area contributed by atoms with Crippen LogP contribution < -0.4 is 0 Å². The molecule has 0 unspecified atom stereocenters. The second kappa shape index (κ2) is 2.29. The largest absolute Gasteiger partial charge is 0.592 e. The molecule has 4 nitrogen and oxygen atoms in total. The van der Waals surface area contributed by atoms with Crippen molar-refractivity contribution in [3.05, 3.63) is 11.5 Å². The smallest absolute Gasteiger partial charge is 0.361 e. The van der Waals surface area contributed by atoms with Crippen molar-refractivity contribution in [2.45, 2.75) is 13.1 Å². The van der Waals surface area contributed by atoms with E-state index in [1.807, 2.05) is 0 Å². The summed E-state index contributed by atoms with van der Waals surface area (Å²) in [4.78, 5) is 0. The molecule has 0 spiro atoms. The zero-order chi connectivity index (χ0) is 7.90. The number of rotatable bonds is 2. The molecule has 3 aliphatic rings. The van der Waals surface area contributed by atoms with Crippen LogP contribution in [0, 0.1) is 0 Å². The van der Waals surface area contributed by atoms with Crippen LogP contribution in [-0.2, 0) is 18.1 Å². The first-order valence-corrected chi connectivity index (χ1v) is 5.05. The second-order valence-corrected chi connectivity index (χ2v) is 4.06. The van der Waals surface area contributed by atoms with E-state index in [1.54, 1.807) is 0 Å². The standard InChI is InChI=1S/C5H8BO4P/c1-6-2-4-3-8-11(7)9-5(4)10-11/h6H,2-3H2,1H3. The molecule has 0 aromatic rings. The van der Waals surface area contributed by atoms with E-state index < -0.39 is 7.82 Å². The average Bonchev–Trinajstić information content (AvgIpc) is 1.91. The minimum Gasteiger partial charge on any atom is -0.361 e. The highest BCUT2D eigenvalue weighted by Gasteiger charge is 2.49. The van der Waals surface area contributed by atoms with Gasteiger partial charge in [0.05, 0.1) is 6.61 Å². The van der Waals surface area contributed by atoms with Crippen LogP contribution in [0.2, 0.25) is 13.1 Å². The van der Waals surface area contributed by atoms with Gasteiger partial charge in [-0.2, -0.15) is 0 Å². The normalized spacial score (nSPS) is 24.8. The van der Waals surface area contributed by atoms with Crippen molar-refractivity contribution < 1.29 is 18.1 Å². The molecule has 11 heavy (non-hydrogen) atoms. The monoisotopic (exact) mass is 174 g/mol. The Morgan fingerprint density at radius 3 is 2.82 bits per heavy atom. The summed E-state index contributed by atoms with van der Waals surface area (Å²) in [5.74, 6) is 0.432. The molecule has 0 N–H and O–H groups in total. The molecule has 0 aromatic carbocycles. The third-order valence-electron chi connectivity index (χ3n) is 1.63. The maximum absolute atomic E-state index is 10.9. The Morgan fingerprint density at radius 2 is 2.36 bits per heavy atom. The third kappa shape index (κ3) is 1.08. The van der Waals surface area contributed by atoms with Crippen LogP contribution in [0.5, 0.6) is 0 Å². The van der Waals surface area contributed by atoms with E-state index >= 15 is 0 Å². The van der Waals surface area contributed by atoms with E-state index in [2.05, 4.69) is 6.82 Å². The summed E-state index contributed by atoms with van der Waals surface area (Å²) in [5.41, 5.74) is 0.977. The second-order valence-electron chi connectivity index (χ2n) is 2.54. The predicted octanol–water partition coefficient (Wildman–Crippen LogP) is 1.29. The van der Waals surface area contributed by atoms with Crippen molar-refractivity contribution in [2.24, 2.45) is 0 Å². The molecule has 6 heteroatoms. The van der Waals surface area contributed by atoms with Crippen LogP contribution in [0.1, 0.15) is 0 Å². The first-order valence-electron chi connectivity index (χ1n) is 3.59. The summed E-state index contributed by atoms with van der Waals surface area (Å²) in [6.07, 6.45) is 0.884. The van der Waals surface area contributed by atoms with Gasteiger partial charge in [0, 0.05) is 5.57 Å². The van der Waals surface area contributed by atoms with Gasteiger partial charge in [-0.1, -0.05) is 6.82 Å². The molecule has 0 atom stereocenters. The van der Waals surface area contributed by atoms with E-state index in [1.165, 1.54) is 0 Å². The molecular formula is C5H8BO4P. The number of hydrogen-bond acceptors (Lipinski definition) is 4. The lowest BCUT2D eigenvalue weighted by molar-refractivity contribution is 0.0134. The Balaban J connectivity index is 2.13. The molecule has 0 aromatic heterocycles. The van der Waals surface area contributed by atoms with Gasteiger partial charge in [-0.25, -0.2) is 4.57 Å². The zero-order valence-electron chi connectivity index (χ0n) is 6.20. The summed E-state index contributed by atoms with van der Waals surface area (Å²) in [5, 5.41) is 0. The summed E-state index contributed by atoms with van der Waals surface area (Å²) >= 11 is 0. The highest BCUT2D eigenvalue weighted by Crippen LogP contribution is 2.66. The van der Waals surface area contributed by atoms with Crippen LogP contribution >= 0.6 is 7.82 Å². The van der Waals surface area contributed by atoms with Crippen LogP contribution in [0.15, 0.2) is 11.5 Å². The van der Waals surface area contributed by atoms with Crippen molar-refractivity contribution in [3.8, 4) is 0 Å². The Morgan fingerprint density at radius 1 is 1.64 bits per heavy atom. The molecular weight excluding hydrogens is 166 g/mol. The number of phosphoric ester groups is 1. The molecule has 0 radical (unpaired) electrons. The Labute approximate surface area is 65.4 Å². The molecule has 60 valence electrons. The Kier molecular flexibility index (Phi) is 1.51. The quantitative estimate of drug-likeness (QED) is 0.467.